The first-order valence-electron chi connectivity index (χ1n) is 7.33. The number of hydrogen-bond acceptors (Lipinski definition) is 2. The van der Waals surface area contributed by atoms with Crippen LogP contribution in [-0.2, 0) is 9.59 Å². The van der Waals surface area contributed by atoms with Crippen molar-refractivity contribution in [1.29, 1.82) is 0 Å². The Balaban J connectivity index is 1.98. The summed E-state index contributed by atoms with van der Waals surface area (Å²) in [4.78, 5) is 23.3. The van der Waals surface area contributed by atoms with E-state index >= 15 is 0 Å². The molecule has 0 heterocycles. The average Bonchev–Trinajstić information content (AvgIpc) is 2.75. The van der Waals surface area contributed by atoms with Crippen LogP contribution in [0.4, 0.5) is 0 Å². The lowest BCUT2D eigenvalue weighted by Crippen LogP contribution is -2.52. The molecule has 2 aliphatic carbocycles. The van der Waals surface area contributed by atoms with Crippen LogP contribution in [0.5, 0.6) is 0 Å². The molecule has 0 saturated heterocycles. The molecule has 0 aromatic carbocycles. The minimum atomic E-state index is -0.858. The predicted molar refractivity (Wildman–Crippen MR) is 72.6 cm³/mol. The van der Waals surface area contributed by atoms with Gasteiger partial charge in [0, 0.05) is 11.5 Å². The van der Waals surface area contributed by atoms with E-state index in [1.165, 1.54) is 25.7 Å². The van der Waals surface area contributed by atoms with Gasteiger partial charge in [-0.1, -0.05) is 26.7 Å². The Morgan fingerprint density at radius 2 is 1.95 bits per heavy atom. The number of hydrogen-bond donors (Lipinski definition) is 2. The maximum absolute atomic E-state index is 12.4. The van der Waals surface area contributed by atoms with Gasteiger partial charge in [0.25, 0.3) is 0 Å². The van der Waals surface area contributed by atoms with Gasteiger partial charge < -0.3 is 10.4 Å². The van der Waals surface area contributed by atoms with Gasteiger partial charge in [0.1, 0.15) is 0 Å². The van der Waals surface area contributed by atoms with Crippen molar-refractivity contribution in [2.24, 2.45) is 17.3 Å². The van der Waals surface area contributed by atoms with Crippen LogP contribution in [0.2, 0.25) is 0 Å². The minimum absolute atomic E-state index is 0.0177. The van der Waals surface area contributed by atoms with Crippen molar-refractivity contribution in [1.82, 2.24) is 5.32 Å². The highest BCUT2D eigenvalue weighted by Gasteiger charge is 2.59. The monoisotopic (exact) mass is 267 g/mol. The Morgan fingerprint density at radius 3 is 2.42 bits per heavy atom. The molecular weight excluding hydrogens is 242 g/mol. The lowest BCUT2D eigenvalue weighted by Gasteiger charge is -2.33. The van der Waals surface area contributed by atoms with E-state index in [2.05, 4.69) is 5.32 Å². The van der Waals surface area contributed by atoms with Crippen LogP contribution >= 0.6 is 0 Å². The number of amides is 1. The van der Waals surface area contributed by atoms with Crippen LogP contribution in [0.1, 0.15) is 59.3 Å². The van der Waals surface area contributed by atoms with E-state index in [-0.39, 0.29) is 29.6 Å². The van der Waals surface area contributed by atoms with Gasteiger partial charge in [-0.15, -0.1) is 0 Å². The van der Waals surface area contributed by atoms with Gasteiger partial charge >= 0.3 is 5.97 Å². The molecule has 2 rings (SSSR count). The highest BCUT2D eigenvalue weighted by Crippen LogP contribution is 2.62. The summed E-state index contributed by atoms with van der Waals surface area (Å²) in [5.41, 5.74) is -0.378. The second-order valence-corrected chi connectivity index (χ2v) is 6.96. The molecule has 19 heavy (non-hydrogen) atoms. The zero-order valence-electron chi connectivity index (χ0n) is 12.2. The number of carboxylic acids is 1. The first kappa shape index (κ1) is 14.4. The molecule has 0 aromatic heterocycles. The van der Waals surface area contributed by atoms with Crippen LogP contribution in [-0.4, -0.2) is 22.5 Å². The SMILES string of the molecule is CC(C)C(C)(CC(=O)O)NC(=O)C1CC12CCCC2. The van der Waals surface area contributed by atoms with Crippen molar-refractivity contribution in [3.8, 4) is 0 Å². The molecule has 0 aliphatic heterocycles. The number of rotatable bonds is 5. The van der Waals surface area contributed by atoms with E-state index in [1.807, 2.05) is 20.8 Å². The molecule has 4 heteroatoms. The number of carboxylic acid groups (broad SMARTS) is 1. The Labute approximate surface area is 115 Å². The number of nitrogens with one attached hydrogen (secondary N) is 1. The normalized spacial score (nSPS) is 27.3. The smallest absolute Gasteiger partial charge is 0.305 e. The van der Waals surface area contributed by atoms with Crippen molar-refractivity contribution in [2.75, 3.05) is 0 Å². The van der Waals surface area contributed by atoms with E-state index in [9.17, 15) is 9.59 Å². The summed E-state index contributed by atoms with van der Waals surface area (Å²) in [6, 6.07) is 0. The van der Waals surface area contributed by atoms with Crippen molar-refractivity contribution >= 4 is 11.9 Å². The van der Waals surface area contributed by atoms with E-state index in [0.717, 1.165) is 6.42 Å². The number of carbonyl (C=O) groups is 2. The van der Waals surface area contributed by atoms with Gasteiger partial charge in [0.2, 0.25) is 5.91 Å². The topological polar surface area (TPSA) is 66.4 Å². The summed E-state index contributed by atoms with van der Waals surface area (Å²) < 4.78 is 0. The van der Waals surface area contributed by atoms with E-state index in [1.54, 1.807) is 0 Å². The molecule has 2 saturated carbocycles. The molecule has 0 bridgehead atoms. The molecule has 0 aromatic rings. The maximum atomic E-state index is 12.4. The standard InChI is InChI=1S/C15H25NO3/c1-10(2)14(3,9-12(17)18)16-13(19)11-8-15(11)6-4-5-7-15/h10-11H,4-9H2,1-3H3,(H,16,19)(H,17,18). The largest absolute Gasteiger partial charge is 0.481 e. The van der Waals surface area contributed by atoms with Crippen LogP contribution in [0, 0.1) is 17.3 Å². The molecule has 4 nitrogen and oxygen atoms in total. The Bertz CT molecular complexity index is 385. The fourth-order valence-electron chi connectivity index (χ4n) is 3.43. The van der Waals surface area contributed by atoms with Crippen LogP contribution in [0.3, 0.4) is 0 Å². The summed E-state index contributed by atoms with van der Waals surface area (Å²) in [5.74, 6) is -0.560. The second kappa shape index (κ2) is 4.80. The Hall–Kier alpha value is -1.06. The third kappa shape index (κ3) is 2.77. The molecule has 2 aliphatic rings. The summed E-state index contributed by atoms with van der Waals surface area (Å²) in [7, 11) is 0. The van der Waals surface area contributed by atoms with Crippen LogP contribution in [0.15, 0.2) is 0 Å². The molecular formula is C15H25NO3. The molecule has 0 radical (unpaired) electrons. The minimum Gasteiger partial charge on any atom is -0.481 e. The van der Waals surface area contributed by atoms with E-state index < -0.39 is 11.5 Å². The molecule has 1 spiro atoms. The third-order valence-electron chi connectivity index (χ3n) is 5.31. The summed E-state index contributed by atoms with van der Waals surface area (Å²) in [6.45, 7) is 5.76. The molecule has 2 unspecified atom stereocenters. The molecule has 2 fully saturated rings. The first-order valence-corrected chi connectivity index (χ1v) is 7.33. The molecule has 1 amide bonds. The predicted octanol–water partition coefficient (Wildman–Crippen LogP) is 2.57. The van der Waals surface area contributed by atoms with Gasteiger partial charge in [0.05, 0.1) is 6.42 Å². The molecule has 2 atom stereocenters. The van der Waals surface area contributed by atoms with E-state index in [0.29, 0.717) is 0 Å². The Kier molecular flexibility index (Phi) is 3.63. The van der Waals surface area contributed by atoms with Gasteiger partial charge in [-0.2, -0.15) is 0 Å². The van der Waals surface area contributed by atoms with Crippen LogP contribution < -0.4 is 5.32 Å². The molecule has 108 valence electrons. The fourth-order valence-corrected chi connectivity index (χ4v) is 3.43. The van der Waals surface area contributed by atoms with Gasteiger partial charge in [-0.3, -0.25) is 9.59 Å². The fraction of sp³-hybridized carbons (Fsp3) is 0.867. The third-order valence-corrected chi connectivity index (χ3v) is 5.31. The summed E-state index contributed by atoms with van der Waals surface area (Å²) in [6.07, 6.45) is 5.79. The van der Waals surface area contributed by atoms with Crippen molar-refractivity contribution < 1.29 is 14.7 Å². The maximum Gasteiger partial charge on any atom is 0.305 e. The van der Waals surface area contributed by atoms with Crippen molar-refractivity contribution in [3.63, 3.8) is 0 Å². The summed E-state index contributed by atoms with van der Waals surface area (Å²) >= 11 is 0. The average molecular weight is 267 g/mol. The van der Waals surface area contributed by atoms with Crippen LogP contribution in [0.25, 0.3) is 0 Å². The van der Waals surface area contributed by atoms with E-state index in [4.69, 9.17) is 5.11 Å². The number of carbonyl (C=O) groups excluding carboxylic acids is 1. The second-order valence-electron chi connectivity index (χ2n) is 6.96. The molecule has 2 N–H and O–H groups in total. The highest BCUT2D eigenvalue weighted by molar-refractivity contribution is 5.84. The van der Waals surface area contributed by atoms with Crippen molar-refractivity contribution in [2.45, 2.75) is 64.8 Å². The zero-order valence-corrected chi connectivity index (χ0v) is 12.2. The van der Waals surface area contributed by atoms with Gasteiger partial charge in [-0.05, 0) is 37.5 Å². The quantitative estimate of drug-likeness (QED) is 0.804. The zero-order chi connectivity index (χ0) is 14.3. The van der Waals surface area contributed by atoms with Gasteiger partial charge in [0.15, 0.2) is 0 Å². The Morgan fingerprint density at radius 1 is 1.37 bits per heavy atom. The first-order chi connectivity index (χ1) is 8.79. The lowest BCUT2D eigenvalue weighted by molar-refractivity contribution is -0.139. The summed E-state index contributed by atoms with van der Waals surface area (Å²) in [5, 5.41) is 12.0. The highest BCUT2D eigenvalue weighted by atomic mass is 16.4. The number of aliphatic carboxylic acids is 1. The van der Waals surface area contributed by atoms with Gasteiger partial charge in [-0.25, -0.2) is 0 Å². The lowest BCUT2D eigenvalue weighted by atomic mass is 9.84. The van der Waals surface area contributed by atoms with Crippen molar-refractivity contribution in [3.05, 3.63) is 0 Å².